The van der Waals surface area contributed by atoms with Crippen molar-refractivity contribution in [2.45, 2.75) is 6.92 Å². The molecule has 0 radical (unpaired) electrons. The quantitative estimate of drug-likeness (QED) is 0.380. The lowest BCUT2D eigenvalue weighted by Crippen LogP contribution is -2.26. The first-order valence-corrected chi connectivity index (χ1v) is 9.56. The van der Waals surface area contributed by atoms with Crippen molar-refractivity contribution < 1.29 is 19.4 Å². The van der Waals surface area contributed by atoms with Crippen LogP contribution in [0.4, 0.5) is 0 Å². The van der Waals surface area contributed by atoms with Crippen molar-refractivity contribution in [3.63, 3.8) is 0 Å². The van der Waals surface area contributed by atoms with E-state index in [1.54, 1.807) is 26.2 Å². The van der Waals surface area contributed by atoms with Crippen LogP contribution in [0.2, 0.25) is 0 Å². The fraction of sp³-hybridized carbons (Fsp3) is 0.278. The number of aromatic nitrogens is 1. The molecule has 0 aliphatic rings. The molecule has 0 bridgehead atoms. The average molecular weight is 455 g/mol. The monoisotopic (exact) mass is 454 g/mol. The number of carbonyl (C=O) groups is 2. The Morgan fingerprint density at radius 1 is 1.41 bits per heavy atom. The summed E-state index contributed by atoms with van der Waals surface area (Å²) in [6, 6.07) is 3.35. The maximum absolute atomic E-state index is 12.4. The van der Waals surface area contributed by atoms with Crippen LogP contribution in [0.15, 0.2) is 27.5 Å². The number of allylic oxidation sites excluding steroid dienone is 1. The molecule has 2 rings (SSSR count). The van der Waals surface area contributed by atoms with E-state index in [-0.39, 0.29) is 17.2 Å². The van der Waals surface area contributed by atoms with Crippen molar-refractivity contribution in [3.8, 4) is 5.75 Å². The van der Waals surface area contributed by atoms with Crippen LogP contribution in [0.5, 0.6) is 5.75 Å². The van der Waals surface area contributed by atoms with Crippen molar-refractivity contribution in [2.24, 2.45) is 7.05 Å². The van der Waals surface area contributed by atoms with E-state index in [0.717, 1.165) is 0 Å². The number of amides is 1. The predicted octanol–water partition coefficient (Wildman–Crippen LogP) is 2.50. The van der Waals surface area contributed by atoms with E-state index in [0.29, 0.717) is 33.1 Å². The predicted molar refractivity (Wildman–Crippen MR) is 108 cm³/mol. The maximum atomic E-state index is 12.4. The van der Waals surface area contributed by atoms with E-state index in [1.165, 1.54) is 35.1 Å². The molecule has 9 heteroatoms. The Labute approximate surface area is 168 Å². The number of thiophene rings is 1. The summed E-state index contributed by atoms with van der Waals surface area (Å²) >= 11 is 4.39. The van der Waals surface area contributed by atoms with Gasteiger partial charge in [-0.2, -0.15) is 0 Å². The van der Waals surface area contributed by atoms with Gasteiger partial charge in [-0.3, -0.25) is 14.4 Å². The fourth-order valence-electron chi connectivity index (χ4n) is 2.23. The Hall–Kier alpha value is -2.23. The van der Waals surface area contributed by atoms with Gasteiger partial charge in [-0.25, -0.2) is 0 Å². The van der Waals surface area contributed by atoms with Crippen LogP contribution < -0.4 is 10.9 Å². The summed E-state index contributed by atoms with van der Waals surface area (Å²) in [5, 5.41) is 12.9. The van der Waals surface area contributed by atoms with Gasteiger partial charge in [0.25, 0.3) is 11.5 Å². The Kier molecular flexibility index (Phi) is 7.11. The number of carbonyl (C=O) groups excluding carboxylic acids is 2. The molecule has 1 amide bonds. The van der Waals surface area contributed by atoms with Gasteiger partial charge in [0.2, 0.25) is 0 Å². The number of nitrogens with zero attached hydrogens (tertiary/aromatic N) is 1. The first-order valence-electron chi connectivity index (χ1n) is 7.95. The van der Waals surface area contributed by atoms with Gasteiger partial charge in [-0.05, 0) is 47.1 Å². The lowest BCUT2D eigenvalue weighted by molar-refractivity contribution is 0.0940. The van der Waals surface area contributed by atoms with Crippen LogP contribution in [-0.2, 0) is 11.8 Å². The van der Waals surface area contributed by atoms with Crippen LogP contribution in [0, 0.1) is 6.92 Å². The number of nitrogens with one attached hydrogen (secondary N) is 1. The average Bonchev–Trinajstić information content (AvgIpc) is 3.12. The van der Waals surface area contributed by atoms with E-state index in [9.17, 15) is 19.5 Å². The molecular weight excluding hydrogens is 436 g/mol. The summed E-state index contributed by atoms with van der Waals surface area (Å²) in [5.41, 5.74) is -0.368. The zero-order valence-electron chi connectivity index (χ0n) is 15.0. The topological polar surface area (TPSA) is 97.6 Å². The molecule has 27 heavy (non-hydrogen) atoms. The molecule has 0 fully saturated rings. The lowest BCUT2D eigenvalue weighted by Gasteiger charge is -2.10. The normalized spacial score (nSPS) is 11.1. The number of hydrogen-bond acceptors (Lipinski definition) is 6. The molecule has 0 saturated carbocycles. The van der Waals surface area contributed by atoms with Crippen molar-refractivity contribution in [2.75, 3.05) is 20.3 Å². The highest BCUT2D eigenvalue weighted by molar-refractivity contribution is 9.10. The van der Waals surface area contributed by atoms with Crippen LogP contribution >= 0.6 is 27.3 Å². The van der Waals surface area contributed by atoms with Gasteiger partial charge < -0.3 is 19.7 Å². The van der Waals surface area contributed by atoms with Crippen LogP contribution in [-0.4, -0.2) is 41.6 Å². The third-order valence-corrected chi connectivity index (χ3v) is 5.87. The number of pyridine rings is 1. The smallest absolute Gasteiger partial charge is 0.265 e. The van der Waals surface area contributed by atoms with Gasteiger partial charge in [-0.1, -0.05) is 0 Å². The Morgan fingerprint density at radius 3 is 2.78 bits per heavy atom. The molecule has 0 aliphatic carbocycles. The molecule has 0 unspecified atom stereocenters. The number of halogens is 1. The minimum Gasteiger partial charge on any atom is -0.506 e. The first-order chi connectivity index (χ1) is 12.8. The summed E-state index contributed by atoms with van der Waals surface area (Å²) in [7, 11) is 3.07. The van der Waals surface area contributed by atoms with Crippen molar-refractivity contribution in [1.29, 1.82) is 0 Å². The number of rotatable bonds is 7. The summed E-state index contributed by atoms with van der Waals surface area (Å²) in [6.45, 7) is 2.48. The first kappa shape index (κ1) is 21.1. The highest BCUT2D eigenvalue weighted by Gasteiger charge is 2.20. The Balaban J connectivity index is 2.19. The molecule has 0 aliphatic heterocycles. The fourth-order valence-corrected chi connectivity index (χ4v) is 3.52. The van der Waals surface area contributed by atoms with Crippen LogP contribution in [0.3, 0.4) is 0 Å². The van der Waals surface area contributed by atoms with E-state index < -0.39 is 11.3 Å². The molecule has 7 nitrogen and oxygen atoms in total. The van der Waals surface area contributed by atoms with Gasteiger partial charge in [0.15, 0.2) is 5.78 Å². The van der Waals surface area contributed by atoms with Gasteiger partial charge in [0.05, 0.1) is 16.0 Å². The Bertz CT molecular complexity index is 961. The van der Waals surface area contributed by atoms with Gasteiger partial charge in [0, 0.05) is 31.3 Å². The maximum Gasteiger partial charge on any atom is 0.265 e. The molecule has 0 aromatic carbocycles. The molecule has 144 valence electrons. The molecule has 2 aromatic rings. The van der Waals surface area contributed by atoms with E-state index in [4.69, 9.17) is 4.74 Å². The Morgan fingerprint density at radius 2 is 2.11 bits per heavy atom. The molecular formula is C18H19BrN2O5S. The number of ketones is 1. The molecule has 0 atom stereocenters. The largest absolute Gasteiger partial charge is 0.506 e. The second-order valence-electron chi connectivity index (χ2n) is 5.64. The zero-order valence-corrected chi connectivity index (χ0v) is 17.4. The molecule has 0 saturated heterocycles. The lowest BCUT2D eigenvalue weighted by atomic mass is 10.1. The number of aromatic hydroxyl groups is 1. The second kappa shape index (κ2) is 9.12. The van der Waals surface area contributed by atoms with Gasteiger partial charge in [0.1, 0.15) is 11.3 Å². The van der Waals surface area contributed by atoms with Gasteiger partial charge in [-0.15, -0.1) is 11.3 Å². The highest BCUT2D eigenvalue weighted by atomic mass is 79.9. The van der Waals surface area contributed by atoms with E-state index in [2.05, 4.69) is 21.2 Å². The zero-order chi connectivity index (χ0) is 20.1. The van der Waals surface area contributed by atoms with Crippen LogP contribution in [0.25, 0.3) is 6.08 Å². The minimum atomic E-state index is -0.617. The third kappa shape index (κ3) is 4.74. The second-order valence-corrected chi connectivity index (χ2v) is 7.54. The molecule has 2 aromatic heterocycles. The summed E-state index contributed by atoms with van der Waals surface area (Å²) in [4.78, 5) is 37.8. The summed E-state index contributed by atoms with van der Waals surface area (Å²) in [5.74, 6) is -1.22. The number of hydrogen-bond donors (Lipinski definition) is 2. The number of methoxy groups -OCH3 is 1. The SMILES string of the molecule is COCCNC(=O)c1ccc(C=CC(=O)c2c(O)c(Br)c(C)n(C)c2=O)s1. The van der Waals surface area contributed by atoms with E-state index >= 15 is 0 Å². The summed E-state index contributed by atoms with van der Waals surface area (Å²) < 4.78 is 6.46. The summed E-state index contributed by atoms with van der Waals surface area (Å²) in [6.07, 6.45) is 2.71. The van der Waals surface area contributed by atoms with Gasteiger partial charge >= 0.3 is 0 Å². The molecule has 0 spiro atoms. The third-order valence-electron chi connectivity index (χ3n) is 3.87. The molecule has 2 heterocycles. The number of ether oxygens (including phenoxy) is 1. The van der Waals surface area contributed by atoms with Crippen molar-refractivity contribution in [1.82, 2.24) is 9.88 Å². The minimum absolute atomic E-state index is 0.225. The van der Waals surface area contributed by atoms with Crippen LogP contribution in [0.1, 0.15) is 30.6 Å². The standard InChI is InChI=1S/C18H19BrN2O5S/c1-10-15(19)16(23)14(18(25)21(10)2)12(22)6-4-11-5-7-13(27-11)17(24)20-8-9-26-3/h4-7,23H,8-9H2,1-3H3,(H,20,24). The van der Waals surface area contributed by atoms with Crippen molar-refractivity contribution in [3.05, 3.63) is 54.0 Å². The molecule has 2 N–H and O–H groups in total. The van der Waals surface area contributed by atoms with E-state index in [1.807, 2.05) is 0 Å². The highest BCUT2D eigenvalue weighted by Crippen LogP contribution is 2.29. The van der Waals surface area contributed by atoms with Crippen molar-refractivity contribution >= 4 is 45.0 Å².